The molecule has 5 nitrogen and oxygen atoms in total. The van der Waals surface area contributed by atoms with Crippen LogP contribution in [0.15, 0.2) is 87.5 Å². The number of ether oxygens (including phenoxy) is 3. The molecular formula is C29H36O5S. The molecule has 35 heavy (non-hydrogen) atoms. The number of carboxylic acids is 1. The summed E-state index contributed by atoms with van der Waals surface area (Å²) in [6, 6.07) is 25.3. The Kier molecular flexibility index (Phi) is 12.6. The van der Waals surface area contributed by atoms with Gasteiger partial charge in [-0.15, -0.1) is 0 Å². The number of carbonyl (C=O) groups is 1. The van der Waals surface area contributed by atoms with Crippen molar-refractivity contribution in [1.82, 2.24) is 0 Å². The first kappa shape index (κ1) is 28.1. The molecule has 0 heterocycles. The van der Waals surface area contributed by atoms with Gasteiger partial charge in [-0.1, -0.05) is 57.2 Å². The van der Waals surface area contributed by atoms with Crippen molar-refractivity contribution in [3.63, 3.8) is 0 Å². The summed E-state index contributed by atoms with van der Waals surface area (Å²) in [5, 5.41) is 8.89. The van der Waals surface area contributed by atoms with Gasteiger partial charge in [-0.05, 0) is 50.5 Å². The maximum atomic E-state index is 8.89. The van der Waals surface area contributed by atoms with Crippen molar-refractivity contribution in [3.05, 3.63) is 72.8 Å². The van der Waals surface area contributed by atoms with Crippen molar-refractivity contribution < 1.29 is 24.1 Å². The molecule has 0 amide bonds. The van der Waals surface area contributed by atoms with Crippen molar-refractivity contribution in [2.45, 2.75) is 61.6 Å². The number of hydrogen-bond acceptors (Lipinski definition) is 5. The zero-order valence-corrected chi connectivity index (χ0v) is 21.9. The second kappa shape index (κ2) is 15.7. The van der Waals surface area contributed by atoms with Crippen molar-refractivity contribution in [2.75, 3.05) is 19.8 Å². The summed E-state index contributed by atoms with van der Waals surface area (Å²) in [6.45, 7) is 9.30. The lowest BCUT2D eigenvalue weighted by molar-refractivity contribution is -0.302. The molecule has 3 rings (SSSR count). The van der Waals surface area contributed by atoms with Crippen LogP contribution < -0.4 is 19.3 Å². The molecule has 188 valence electrons. The van der Waals surface area contributed by atoms with Crippen molar-refractivity contribution in [2.24, 2.45) is 0 Å². The molecule has 0 spiro atoms. The van der Waals surface area contributed by atoms with Crippen LogP contribution in [0.2, 0.25) is 0 Å². The second-order valence-electron chi connectivity index (χ2n) is 7.72. The highest BCUT2D eigenvalue weighted by molar-refractivity contribution is 7.97. The number of aliphatic carboxylic acids is 1. The number of hydrogen-bond donors (Lipinski definition) is 0. The molecule has 3 aromatic rings. The van der Waals surface area contributed by atoms with E-state index in [9.17, 15) is 0 Å². The van der Waals surface area contributed by atoms with E-state index in [1.807, 2.05) is 12.1 Å². The number of rotatable bonds is 12. The second-order valence-corrected chi connectivity index (χ2v) is 9.68. The van der Waals surface area contributed by atoms with Crippen LogP contribution in [-0.2, 0) is 15.7 Å². The van der Waals surface area contributed by atoms with E-state index in [4.69, 9.17) is 24.1 Å². The first-order chi connectivity index (χ1) is 17.0. The highest BCUT2D eigenvalue weighted by atomic mass is 32.2. The molecule has 0 atom stereocenters. The monoisotopic (exact) mass is 496 g/mol. The Bertz CT molecular complexity index is 936. The highest BCUT2D eigenvalue weighted by Crippen LogP contribution is 2.45. The van der Waals surface area contributed by atoms with E-state index in [1.165, 1.54) is 9.79 Å². The van der Waals surface area contributed by atoms with E-state index in [0.717, 1.165) is 48.3 Å². The summed E-state index contributed by atoms with van der Waals surface area (Å²) < 4.78 is 18.6. The number of carbonyl (C=O) groups excluding carboxylic acids is 1. The Labute approximate surface area is 212 Å². The fraction of sp³-hybridized carbons (Fsp3) is 0.345. The summed E-state index contributed by atoms with van der Waals surface area (Å²) >= 11 is 0. The summed E-state index contributed by atoms with van der Waals surface area (Å²) in [4.78, 5) is 12.4. The predicted molar refractivity (Wildman–Crippen MR) is 140 cm³/mol. The van der Waals surface area contributed by atoms with Gasteiger partial charge in [-0.3, -0.25) is 0 Å². The Morgan fingerprint density at radius 3 is 1.46 bits per heavy atom. The van der Waals surface area contributed by atoms with Gasteiger partial charge in [-0.2, -0.15) is 0 Å². The van der Waals surface area contributed by atoms with Crippen LogP contribution in [-0.4, -0.2) is 25.8 Å². The van der Waals surface area contributed by atoms with E-state index in [0.29, 0.717) is 19.8 Å². The largest absolute Gasteiger partial charge is 0.550 e. The standard InChI is InChI=1S/C27H33O3S.C2H4O2/c1-4-17-28-22-20-25(29-18-5-2)27(26(21-22)30-19-6-3)31(23-13-9-7-10-14-23)24-15-11-8-12-16-24;1-2(3)4/h7-16,20-21H,4-6,17-19H2,1-3H3;1H3,(H,3,4)/q+1;/p-1. The van der Waals surface area contributed by atoms with E-state index >= 15 is 0 Å². The SMILES string of the molecule is CC(=O)[O-].CCCOc1cc(OCCC)c([S+](c2ccccc2)c2ccccc2)c(OCCC)c1. The minimum Gasteiger partial charge on any atom is -0.550 e. The molecule has 0 aliphatic heterocycles. The summed E-state index contributed by atoms with van der Waals surface area (Å²) in [6.07, 6.45) is 2.83. The molecule has 0 aliphatic carbocycles. The van der Waals surface area contributed by atoms with E-state index < -0.39 is 5.97 Å². The summed E-state index contributed by atoms with van der Waals surface area (Å²) in [5.74, 6) is 1.41. The fourth-order valence-electron chi connectivity index (χ4n) is 3.18. The molecule has 0 aromatic heterocycles. The smallest absolute Gasteiger partial charge is 0.250 e. The molecule has 0 radical (unpaired) electrons. The fourth-order valence-corrected chi connectivity index (χ4v) is 5.42. The molecule has 0 saturated carbocycles. The van der Waals surface area contributed by atoms with Crippen LogP contribution in [0.1, 0.15) is 47.0 Å². The third-order valence-electron chi connectivity index (χ3n) is 4.55. The molecule has 0 saturated heterocycles. The van der Waals surface area contributed by atoms with Gasteiger partial charge in [0.15, 0.2) is 21.3 Å². The van der Waals surface area contributed by atoms with Crippen LogP contribution in [0.4, 0.5) is 0 Å². The molecule has 0 bridgehead atoms. The predicted octanol–water partition coefficient (Wildman–Crippen LogP) is 5.90. The average molecular weight is 497 g/mol. The summed E-state index contributed by atoms with van der Waals surface area (Å²) in [5.41, 5.74) is 0. The Morgan fingerprint density at radius 1 is 0.714 bits per heavy atom. The van der Waals surface area contributed by atoms with Gasteiger partial charge in [0.2, 0.25) is 4.90 Å². The van der Waals surface area contributed by atoms with Gasteiger partial charge in [0.1, 0.15) is 16.6 Å². The van der Waals surface area contributed by atoms with Gasteiger partial charge in [0.05, 0.1) is 19.8 Å². The molecule has 3 aromatic carbocycles. The highest BCUT2D eigenvalue weighted by Gasteiger charge is 2.36. The molecule has 0 fully saturated rings. The van der Waals surface area contributed by atoms with Crippen molar-refractivity contribution in [3.8, 4) is 17.2 Å². The van der Waals surface area contributed by atoms with Crippen molar-refractivity contribution in [1.29, 1.82) is 0 Å². The lowest BCUT2D eigenvalue weighted by Crippen LogP contribution is -2.16. The quantitative estimate of drug-likeness (QED) is 0.292. The first-order valence-corrected chi connectivity index (χ1v) is 13.3. The molecule has 0 aliphatic rings. The maximum absolute atomic E-state index is 8.89. The topological polar surface area (TPSA) is 67.8 Å². The third kappa shape index (κ3) is 9.21. The van der Waals surface area contributed by atoms with Crippen molar-refractivity contribution >= 4 is 16.9 Å². The number of carboxylic acid groups (broad SMARTS) is 1. The normalized spacial score (nSPS) is 10.3. The van der Waals surface area contributed by atoms with Crippen LogP contribution >= 0.6 is 0 Å². The Balaban J connectivity index is 0.00000100. The number of benzene rings is 3. The molecule has 6 heteroatoms. The van der Waals surface area contributed by atoms with Gasteiger partial charge in [0.25, 0.3) is 0 Å². The molecular weight excluding hydrogens is 460 g/mol. The lowest BCUT2D eigenvalue weighted by Gasteiger charge is -2.18. The summed E-state index contributed by atoms with van der Waals surface area (Å²) in [7, 11) is -0.364. The Hall–Kier alpha value is -3.12. The van der Waals surface area contributed by atoms with Gasteiger partial charge in [0, 0.05) is 18.1 Å². The Morgan fingerprint density at radius 2 is 1.09 bits per heavy atom. The van der Waals surface area contributed by atoms with E-state index in [-0.39, 0.29) is 10.9 Å². The van der Waals surface area contributed by atoms with Crippen LogP contribution in [0.3, 0.4) is 0 Å². The molecule has 0 unspecified atom stereocenters. The van der Waals surface area contributed by atoms with Crippen LogP contribution in [0.25, 0.3) is 0 Å². The van der Waals surface area contributed by atoms with Gasteiger partial charge < -0.3 is 24.1 Å². The zero-order valence-electron chi connectivity index (χ0n) is 21.1. The minimum absolute atomic E-state index is 0.364. The minimum atomic E-state index is -1.08. The van der Waals surface area contributed by atoms with Gasteiger partial charge >= 0.3 is 0 Å². The van der Waals surface area contributed by atoms with E-state index in [2.05, 4.69) is 81.4 Å². The molecule has 0 N–H and O–H groups in total. The average Bonchev–Trinajstić information content (AvgIpc) is 2.87. The van der Waals surface area contributed by atoms with Gasteiger partial charge in [-0.25, -0.2) is 0 Å². The maximum Gasteiger partial charge on any atom is 0.250 e. The lowest BCUT2D eigenvalue weighted by atomic mass is 10.3. The zero-order chi connectivity index (χ0) is 25.5. The third-order valence-corrected chi connectivity index (χ3v) is 6.85. The van der Waals surface area contributed by atoms with Crippen LogP contribution in [0, 0.1) is 0 Å². The van der Waals surface area contributed by atoms with E-state index in [1.54, 1.807) is 0 Å². The van der Waals surface area contributed by atoms with Crippen LogP contribution in [0.5, 0.6) is 17.2 Å². The first-order valence-electron chi connectivity index (χ1n) is 12.1.